The van der Waals surface area contributed by atoms with E-state index in [1.54, 1.807) is 4.90 Å². The number of likely N-dealkylation sites (N-methyl/N-ethyl adjacent to an activating group) is 1. The highest BCUT2D eigenvalue weighted by Crippen LogP contribution is 2.28. The van der Waals surface area contributed by atoms with Gasteiger partial charge in [-0.2, -0.15) is 0 Å². The smallest absolute Gasteiger partial charge is 0.407 e. The summed E-state index contributed by atoms with van der Waals surface area (Å²) >= 11 is 0. The number of fused-ring (bicyclic) bond motifs is 2. The van der Waals surface area contributed by atoms with Crippen LogP contribution >= 0.6 is 0 Å². The molecule has 4 heteroatoms. The van der Waals surface area contributed by atoms with Gasteiger partial charge >= 0.3 is 6.09 Å². The van der Waals surface area contributed by atoms with Gasteiger partial charge in [0.05, 0.1) is 0 Å². The van der Waals surface area contributed by atoms with Gasteiger partial charge in [-0.1, -0.05) is 0 Å². The van der Waals surface area contributed by atoms with E-state index in [9.17, 15) is 4.79 Å². The monoisotopic (exact) mass is 184 g/mol. The molecular formula is C9H16N2O2. The molecule has 0 aromatic carbocycles. The van der Waals surface area contributed by atoms with E-state index in [1.807, 2.05) is 0 Å². The maximum atomic E-state index is 10.8. The van der Waals surface area contributed by atoms with Crippen molar-refractivity contribution in [2.24, 2.45) is 0 Å². The topological polar surface area (TPSA) is 43.8 Å². The summed E-state index contributed by atoms with van der Waals surface area (Å²) in [5.41, 5.74) is 0. The second-order valence-corrected chi connectivity index (χ2v) is 4.07. The molecule has 1 N–H and O–H groups in total. The zero-order valence-electron chi connectivity index (χ0n) is 7.94. The summed E-state index contributed by atoms with van der Waals surface area (Å²) in [6.45, 7) is 1.41. The highest BCUT2D eigenvalue weighted by atomic mass is 16.4. The van der Waals surface area contributed by atoms with Crippen LogP contribution in [0, 0.1) is 0 Å². The molecule has 2 fully saturated rings. The Morgan fingerprint density at radius 2 is 2.00 bits per heavy atom. The summed E-state index contributed by atoms with van der Waals surface area (Å²) < 4.78 is 0. The minimum atomic E-state index is -0.763. The van der Waals surface area contributed by atoms with E-state index < -0.39 is 6.09 Å². The molecule has 2 atom stereocenters. The van der Waals surface area contributed by atoms with Crippen LogP contribution in [0.2, 0.25) is 0 Å². The lowest BCUT2D eigenvalue weighted by Gasteiger charge is -2.23. The Kier molecular flexibility index (Phi) is 2.15. The zero-order chi connectivity index (χ0) is 9.42. The molecule has 0 spiro atoms. The number of amides is 1. The largest absolute Gasteiger partial charge is 0.465 e. The van der Waals surface area contributed by atoms with Crippen LogP contribution in [-0.2, 0) is 0 Å². The predicted octanol–water partition coefficient (Wildman–Crippen LogP) is 0.833. The Balaban J connectivity index is 2.07. The van der Waals surface area contributed by atoms with Gasteiger partial charge in [-0.25, -0.2) is 4.79 Å². The van der Waals surface area contributed by atoms with Crippen molar-refractivity contribution < 1.29 is 9.90 Å². The van der Waals surface area contributed by atoms with E-state index in [2.05, 4.69) is 11.9 Å². The molecule has 0 aromatic rings. The molecule has 74 valence electrons. The third-order valence-electron chi connectivity index (χ3n) is 3.42. The van der Waals surface area contributed by atoms with Crippen molar-refractivity contribution in [1.82, 2.24) is 9.80 Å². The minimum Gasteiger partial charge on any atom is -0.465 e. The molecule has 2 rings (SSSR count). The summed E-state index contributed by atoms with van der Waals surface area (Å²) in [6, 6.07) is 1.08. The second-order valence-electron chi connectivity index (χ2n) is 4.07. The van der Waals surface area contributed by atoms with E-state index >= 15 is 0 Å². The van der Waals surface area contributed by atoms with E-state index in [1.165, 1.54) is 6.42 Å². The standard InChI is InChI=1S/C9H16N2O2/c1-10-7-2-3-8(10)6-11(5-4-7)9(12)13/h7-8H,2-6H2,1H3,(H,12,13). The average molecular weight is 184 g/mol. The van der Waals surface area contributed by atoms with Crippen molar-refractivity contribution in [2.75, 3.05) is 20.1 Å². The van der Waals surface area contributed by atoms with Crippen LogP contribution in [-0.4, -0.2) is 53.2 Å². The molecule has 2 bridgehead atoms. The Labute approximate surface area is 78.1 Å². The molecule has 0 saturated carbocycles. The predicted molar refractivity (Wildman–Crippen MR) is 48.8 cm³/mol. The molecule has 0 aromatic heterocycles. The molecule has 2 unspecified atom stereocenters. The highest BCUT2D eigenvalue weighted by molar-refractivity contribution is 5.65. The molecule has 2 aliphatic rings. The Morgan fingerprint density at radius 3 is 2.69 bits per heavy atom. The minimum absolute atomic E-state index is 0.462. The highest BCUT2D eigenvalue weighted by Gasteiger charge is 2.35. The lowest BCUT2D eigenvalue weighted by atomic mass is 10.1. The van der Waals surface area contributed by atoms with Crippen molar-refractivity contribution in [3.63, 3.8) is 0 Å². The Hall–Kier alpha value is -0.770. The van der Waals surface area contributed by atoms with Crippen molar-refractivity contribution >= 4 is 6.09 Å². The zero-order valence-corrected chi connectivity index (χ0v) is 7.94. The number of nitrogens with zero attached hydrogens (tertiary/aromatic N) is 2. The van der Waals surface area contributed by atoms with Gasteiger partial charge in [0.25, 0.3) is 0 Å². The van der Waals surface area contributed by atoms with Gasteiger partial charge in [0.15, 0.2) is 0 Å². The van der Waals surface area contributed by atoms with Crippen molar-refractivity contribution in [3.05, 3.63) is 0 Å². The van der Waals surface area contributed by atoms with Gasteiger partial charge < -0.3 is 10.0 Å². The van der Waals surface area contributed by atoms with Crippen LogP contribution in [0.4, 0.5) is 4.79 Å². The van der Waals surface area contributed by atoms with Crippen molar-refractivity contribution in [1.29, 1.82) is 0 Å². The summed E-state index contributed by atoms with van der Waals surface area (Å²) in [5, 5.41) is 8.89. The fourth-order valence-corrected chi connectivity index (χ4v) is 2.48. The molecule has 0 aliphatic carbocycles. The summed E-state index contributed by atoms with van der Waals surface area (Å²) in [4.78, 5) is 14.7. The number of hydrogen-bond acceptors (Lipinski definition) is 2. The lowest BCUT2D eigenvalue weighted by Crippen LogP contribution is -2.38. The van der Waals surface area contributed by atoms with Gasteiger partial charge in [-0.3, -0.25) is 4.90 Å². The summed E-state index contributed by atoms with van der Waals surface area (Å²) in [5.74, 6) is 0. The first-order valence-electron chi connectivity index (χ1n) is 4.88. The third kappa shape index (κ3) is 1.50. The Bertz CT molecular complexity index is 220. The second kappa shape index (κ2) is 3.18. The summed E-state index contributed by atoms with van der Waals surface area (Å²) in [6.07, 6.45) is 2.64. The van der Waals surface area contributed by atoms with Crippen LogP contribution in [0.3, 0.4) is 0 Å². The SMILES string of the molecule is CN1C2CCC1CN(C(=O)O)CC2. The number of carbonyl (C=O) groups is 1. The molecule has 1 amide bonds. The van der Waals surface area contributed by atoms with Gasteiger partial charge in [0, 0.05) is 25.2 Å². The van der Waals surface area contributed by atoms with E-state index in [-0.39, 0.29) is 0 Å². The normalized spacial score (nSPS) is 34.7. The first kappa shape index (κ1) is 8.81. The molecule has 2 saturated heterocycles. The van der Waals surface area contributed by atoms with Crippen LogP contribution in [0.5, 0.6) is 0 Å². The number of rotatable bonds is 0. The van der Waals surface area contributed by atoms with E-state index in [0.29, 0.717) is 25.2 Å². The van der Waals surface area contributed by atoms with Gasteiger partial charge in [0.2, 0.25) is 0 Å². The van der Waals surface area contributed by atoms with Gasteiger partial charge in [-0.15, -0.1) is 0 Å². The third-order valence-corrected chi connectivity index (χ3v) is 3.42. The summed E-state index contributed by atoms with van der Waals surface area (Å²) in [7, 11) is 2.12. The Morgan fingerprint density at radius 1 is 1.31 bits per heavy atom. The number of hydrogen-bond donors (Lipinski definition) is 1. The first-order chi connectivity index (χ1) is 6.18. The first-order valence-corrected chi connectivity index (χ1v) is 4.88. The van der Waals surface area contributed by atoms with Crippen LogP contribution < -0.4 is 0 Å². The van der Waals surface area contributed by atoms with Gasteiger partial charge in [0.1, 0.15) is 0 Å². The number of carboxylic acid groups (broad SMARTS) is 1. The van der Waals surface area contributed by atoms with E-state index in [0.717, 1.165) is 12.8 Å². The molecular weight excluding hydrogens is 168 g/mol. The quantitative estimate of drug-likeness (QED) is 0.606. The maximum Gasteiger partial charge on any atom is 0.407 e. The molecule has 0 radical (unpaired) electrons. The maximum absolute atomic E-state index is 10.8. The van der Waals surface area contributed by atoms with Crippen LogP contribution in [0.25, 0.3) is 0 Å². The molecule has 2 heterocycles. The number of likely N-dealkylation sites (tertiary alicyclic amines) is 1. The van der Waals surface area contributed by atoms with Gasteiger partial charge in [-0.05, 0) is 26.3 Å². The average Bonchev–Trinajstić information content (AvgIpc) is 2.25. The van der Waals surface area contributed by atoms with E-state index in [4.69, 9.17) is 5.11 Å². The van der Waals surface area contributed by atoms with Crippen LogP contribution in [0.1, 0.15) is 19.3 Å². The lowest BCUT2D eigenvalue weighted by molar-refractivity contribution is 0.139. The fraction of sp³-hybridized carbons (Fsp3) is 0.889. The molecule has 13 heavy (non-hydrogen) atoms. The molecule has 4 nitrogen and oxygen atoms in total. The fourth-order valence-electron chi connectivity index (χ4n) is 2.48. The van der Waals surface area contributed by atoms with Crippen LogP contribution in [0.15, 0.2) is 0 Å². The van der Waals surface area contributed by atoms with Crippen molar-refractivity contribution in [2.45, 2.75) is 31.3 Å². The van der Waals surface area contributed by atoms with Crippen molar-refractivity contribution in [3.8, 4) is 0 Å². The molecule has 2 aliphatic heterocycles.